The molecule has 4 nitrogen and oxygen atoms in total. The Balaban J connectivity index is 2.20. The van der Waals surface area contributed by atoms with Gasteiger partial charge in [0.05, 0.1) is 5.69 Å². The molecular weight excluding hydrogens is 325 g/mol. The highest BCUT2D eigenvalue weighted by Crippen LogP contribution is 2.40. The van der Waals surface area contributed by atoms with Gasteiger partial charge in [0.15, 0.2) is 0 Å². The van der Waals surface area contributed by atoms with Crippen molar-refractivity contribution in [2.45, 2.75) is 19.3 Å². The fourth-order valence-corrected chi connectivity index (χ4v) is 3.14. The molecule has 1 aromatic carbocycles. The summed E-state index contributed by atoms with van der Waals surface area (Å²) in [4.78, 5) is 11.9. The number of halogens is 2. The molecule has 0 saturated carbocycles. The van der Waals surface area contributed by atoms with E-state index in [1.54, 1.807) is 23.9 Å². The monoisotopic (exact) mass is 337 g/mol. The number of aromatic nitrogens is 2. The topological polar surface area (TPSA) is 46.9 Å². The van der Waals surface area contributed by atoms with Crippen LogP contribution in [0.3, 0.4) is 0 Å². The van der Waals surface area contributed by atoms with Gasteiger partial charge in [-0.1, -0.05) is 15.9 Å². The zero-order valence-electron chi connectivity index (χ0n) is 11.1. The fraction of sp³-hybridized carbons (Fsp3) is 0.286. The van der Waals surface area contributed by atoms with Crippen molar-refractivity contribution in [3.8, 4) is 0 Å². The van der Waals surface area contributed by atoms with Crippen molar-refractivity contribution < 1.29 is 9.18 Å². The van der Waals surface area contributed by atoms with Crippen LogP contribution in [0.15, 0.2) is 22.7 Å². The molecule has 104 valence electrons. The van der Waals surface area contributed by atoms with Crippen LogP contribution in [0.4, 0.5) is 10.2 Å². The maximum atomic E-state index is 14.1. The molecular formula is C14H13BrFN3O. The number of rotatable bonds is 1. The van der Waals surface area contributed by atoms with Gasteiger partial charge in [-0.3, -0.25) is 9.48 Å². The fourth-order valence-electron chi connectivity index (χ4n) is 2.76. The number of aryl methyl sites for hydroxylation is 2. The third-order valence-corrected chi connectivity index (χ3v) is 4.09. The van der Waals surface area contributed by atoms with Crippen molar-refractivity contribution in [2.75, 3.05) is 5.32 Å². The smallest absolute Gasteiger partial charge is 0.226 e. The van der Waals surface area contributed by atoms with E-state index >= 15 is 0 Å². The van der Waals surface area contributed by atoms with Crippen LogP contribution >= 0.6 is 15.9 Å². The number of benzene rings is 1. The van der Waals surface area contributed by atoms with E-state index in [1.165, 1.54) is 6.07 Å². The first-order valence-electron chi connectivity index (χ1n) is 6.25. The molecule has 0 aliphatic carbocycles. The van der Waals surface area contributed by atoms with Crippen molar-refractivity contribution in [2.24, 2.45) is 7.05 Å². The molecule has 2 aromatic rings. The minimum absolute atomic E-state index is 0.120. The Hall–Kier alpha value is -1.69. The summed E-state index contributed by atoms with van der Waals surface area (Å²) in [5.74, 6) is -0.0694. The molecule has 1 atom stereocenters. The van der Waals surface area contributed by atoms with E-state index in [4.69, 9.17) is 0 Å². The number of fused-ring (bicyclic) bond motifs is 1. The lowest BCUT2D eigenvalue weighted by atomic mass is 9.85. The molecule has 3 rings (SSSR count). The van der Waals surface area contributed by atoms with E-state index in [-0.39, 0.29) is 24.1 Å². The first-order valence-corrected chi connectivity index (χ1v) is 7.05. The second-order valence-corrected chi connectivity index (χ2v) is 5.86. The van der Waals surface area contributed by atoms with Gasteiger partial charge in [0, 0.05) is 29.4 Å². The zero-order valence-corrected chi connectivity index (χ0v) is 12.7. The van der Waals surface area contributed by atoms with Gasteiger partial charge in [-0.2, -0.15) is 5.10 Å². The number of nitrogens with one attached hydrogen (secondary N) is 1. The highest BCUT2D eigenvalue weighted by molar-refractivity contribution is 9.10. The average Bonchev–Trinajstić information content (AvgIpc) is 2.67. The van der Waals surface area contributed by atoms with Crippen molar-refractivity contribution in [1.29, 1.82) is 0 Å². The van der Waals surface area contributed by atoms with Crippen molar-refractivity contribution in [3.05, 3.63) is 45.3 Å². The number of hydrogen-bond donors (Lipinski definition) is 1. The molecule has 20 heavy (non-hydrogen) atoms. The molecule has 6 heteroatoms. The predicted octanol–water partition coefficient (Wildman–Crippen LogP) is 3.10. The van der Waals surface area contributed by atoms with E-state index in [1.807, 2.05) is 6.92 Å². The first kappa shape index (κ1) is 13.3. The maximum absolute atomic E-state index is 14.1. The van der Waals surface area contributed by atoms with Crippen LogP contribution in [0.25, 0.3) is 0 Å². The number of hydrogen-bond acceptors (Lipinski definition) is 2. The van der Waals surface area contributed by atoms with Crippen LogP contribution in [0.2, 0.25) is 0 Å². The lowest BCUT2D eigenvalue weighted by Crippen LogP contribution is -2.25. The number of nitrogens with zero attached hydrogens (tertiary/aromatic N) is 2. The standard InChI is InChI=1S/C14H13BrFN3O/c1-7-13-10(9-5-8(15)3-4-11(9)16)6-12(20)17-14(13)19(2)18-7/h3-5,10H,6H2,1-2H3,(H,17,20)/t10-/m0/s1. The Kier molecular flexibility index (Phi) is 3.12. The minimum Gasteiger partial charge on any atom is -0.311 e. The lowest BCUT2D eigenvalue weighted by Gasteiger charge is -2.24. The summed E-state index contributed by atoms with van der Waals surface area (Å²) in [5.41, 5.74) is 2.22. The maximum Gasteiger partial charge on any atom is 0.226 e. The van der Waals surface area contributed by atoms with Crippen molar-refractivity contribution >= 4 is 27.7 Å². The highest BCUT2D eigenvalue weighted by Gasteiger charge is 2.33. The normalized spacial score (nSPS) is 17.8. The minimum atomic E-state index is -0.304. The van der Waals surface area contributed by atoms with E-state index in [0.29, 0.717) is 11.4 Å². The van der Waals surface area contributed by atoms with Crippen LogP contribution in [-0.2, 0) is 11.8 Å². The van der Waals surface area contributed by atoms with Crippen molar-refractivity contribution in [1.82, 2.24) is 9.78 Å². The quantitative estimate of drug-likeness (QED) is 0.869. The van der Waals surface area contributed by atoms with Crippen LogP contribution < -0.4 is 5.32 Å². The third kappa shape index (κ3) is 2.04. The Bertz CT molecular complexity index is 711. The Morgan fingerprint density at radius 2 is 2.25 bits per heavy atom. The zero-order chi connectivity index (χ0) is 14.4. The lowest BCUT2D eigenvalue weighted by molar-refractivity contribution is -0.116. The summed E-state index contributed by atoms with van der Waals surface area (Å²) >= 11 is 3.35. The molecule has 0 fully saturated rings. The summed E-state index contributed by atoms with van der Waals surface area (Å²) in [6.07, 6.45) is 0.229. The summed E-state index contributed by atoms with van der Waals surface area (Å²) < 4.78 is 16.6. The summed E-state index contributed by atoms with van der Waals surface area (Å²) in [6.45, 7) is 1.87. The molecule has 2 heterocycles. The van der Waals surface area contributed by atoms with Crippen LogP contribution in [0.5, 0.6) is 0 Å². The molecule has 1 aliphatic rings. The van der Waals surface area contributed by atoms with Gasteiger partial charge in [0.2, 0.25) is 5.91 Å². The average molecular weight is 338 g/mol. The number of anilines is 1. The Morgan fingerprint density at radius 3 is 3.00 bits per heavy atom. The molecule has 1 aliphatic heterocycles. The highest BCUT2D eigenvalue weighted by atomic mass is 79.9. The van der Waals surface area contributed by atoms with Gasteiger partial charge in [0.25, 0.3) is 0 Å². The first-order chi connectivity index (χ1) is 9.47. The van der Waals surface area contributed by atoms with Crippen molar-refractivity contribution in [3.63, 3.8) is 0 Å². The molecule has 0 unspecified atom stereocenters. The van der Waals surface area contributed by atoms with Gasteiger partial charge in [-0.05, 0) is 30.7 Å². The molecule has 0 spiro atoms. The largest absolute Gasteiger partial charge is 0.311 e. The second kappa shape index (κ2) is 4.70. The van der Waals surface area contributed by atoms with E-state index in [2.05, 4.69) is 26.3 Å². The summed E-state index contributed by atoms with van der Waals surface area (Å²) in [6, 6.07) is 4.80. The van der Waals surface area contributed by atoms with Crippen LogP contribution in [0.1, 0.15) is 29.2 Å². The molecule has 1 amide bonds. The molecule has 0 radical (unpaired) electrons. The van der Waals surface area contributed by atoms with E-state index in [9.17, 15) is 9.18 Å². The predicted molar refractivity (Wildman–Crippen MR) is 77.1 cm³/mol. The number of carbonyl (C=O) groups excluding carboxylic acids is 1. The van der Waals surface area contributed by atoms with Crippen LogP contribution in [0, 0.1) is 12.7 Å². The molecule has 1 N–H and O–H groups in total. The molecule has 1 aromatic heterocycles. The van der Waals surface area contributed by atoms with E-state index < -0.39 is 0 Å². The van der Waals surface area contributed by atoms with Gasteiger partial charge in [0.1, 0.15) is 11.6 Å². The molecule has 0 bridgehead atoms. The second-order valence-electron chi connectivity index (χ2n) is 4.94. The Morgan fingerprint density at radius 1 is 1.50 bits per heavy atom. The summed E-state index contributed by atoms with van der Waals surface area (Å²) in [7, 11) is 1.77. The Labute approximate surface area is 124 Å². The number of amides is 1. The van der Waals surface area contributed by atoms with Gasteiger partial charge in [-0.15, -0.1) is 0 Å². The van der Waals surface area contributed by atoms with Gasteiger partial charge in [-0.25, -0.2) is 4.39 Å². The van der Waals surface area contributed by atoms with Gasteiger partial charge >= 0.3 is 0 Å². The van der Waals surface area contributed by atoms with Crippen LogP contribution in [-0.4, -0.2) is 15.7 Å². The SMILES string of the molecule is Cc1nn(C)c2c1[C@H](c1cc(Br)ccc1F)CC(=O)N2. The number of carbonyl (C=O) groups is 1. The van der Waals surface area contributed by atoms with E-state index in [0.717, 1.165) is 15.7 Å². The summed E-state index contributed by atoms with van der Waals surface area (Å²) in [5, 5.41) is 7.13. The van der Waals surface area contributed by atoms with Gasteiger partial charge < -0.3 is 5.32 Å². The third-order valence-electron chi connectivity index (χ3n) is 3.60. The molecule has 0 saturated heterocycles.